The van der Waals surface area contributed by atoms with Crippen LogP contribution in [-0.2, 0) is 9.22 Å². The zero-order valence-corrected chi connectivity index (χ0v) is 17.9. The molecule has 0 aromatic heterocycles. The maximum Gasteiger partial charge on any atom is 0.200 e. The number of allylic oxidation sites excluding steroid dienone is 2. The van der Waals surface area contributed by atoms with Crippen LogP contribution in [-0.4, -0.2) is 26.7 Å². The van der Waals surface area contributed by atoms with Crippen molar-refractivity contribution >= 4 is 14.1 Å². The molecule has 1 heterocycles. The molecule has 0 aromatic carbocycles. The second kappa shape index (κ2) is 9.76. The number of rotatable bonds is 9. The quantitative estimate of drug-likeness (QED) is 0.435. The van der Waals surface area contributed by atoms with Crippen LogP contribution in [0.1, 0.15) is 80.6 Å². The van der Waals surface area contributed by atoms with Gasteiger partial charge < -0.3 is 9.74 Å². The molecule has 1 N–H and O–H groups in total. The summed E-state index contributed by atoms with van der Waals surface area (Å²) in [4.78, 5) is 11.9. The van der Waals surface area contributed by atoms with Crippen LogP contribution < -0.4 is 5.32 Å². The van der Waals surface area contributed by atoms with E-state index in [1.807, 2.05) is 6.08 Å². The van der Waals surface area contributed by atoms with E-state index in [2.05, 4.69) is 53.8 Å². The molecular weight excluding hydrogens is 314 g/mol. The van der Waals surface area contributed by atoms with Crippen molar-refractivity contribution in [1.29, 1.82) is 0 Å². The average molecular weight is 354 g/mol. The van der Waals surface area contributed by atoms with Crippen LogP contribution in [0.2, 0.25) is 16.6 Å². The minimum absolute atomic E-state index is 0.258. The van der Waals surface area contributed by atoms with Gasteiger partial charge in [0.2, 0.25) is 8.32 Å². The normalized spacial score (nSPS) is 20.9. The Hall–Kier alpha value is -0.613. The number of hydrogen-bond acceptors (Lipinski definition) is 3. The molecule has 0 unspecified atom stereocenters. The summed E-state index contributed by atoms with van der Waals surface area (Å²) in [6.07, 6.45) is 6.80. The zero-order chi connectivity index (χ0) is 18.3. The van der Waals surface area contributed by atoms with Gasteiger partial charge >= 0.3 is 0 Å². The number of carbonyl (C=O) groups is 1. The minimum Gasteiger partial charge on any atom is -0.411 e. The van der Waals surface area contributed by atoms with E-state index in [1.54, 1.807) is 0 Å². The summed E-state index contributed by atoms with van der Waals surface area (Å²) >= 11 is 0. The van der Waals surface area contributed by atoms with Crippen LogP contribution in [0.3, 0.4) is 0 Å². The van der Waals surface area contributed by atoms with E-state index in [4.69, 9.17) is 4.43 Å². The highest BCUT2D eigenvalue weighted by Gasteiger charge is 2.46. The maximum absolute atomic E-state index is 11.9. The lowest BCUT2D eigenvalue weighted by molar-refractivity contribution is -0.114. The molecule has 0 bridgehead atoms. The molecule has 4 heteroatoms. The first-order valence-corrected chi connectivity index (χ1v) is 12.0. The number of ketones is 1. The van der Waals surface area contributed by atoms with Gasteiger partial charge in [-0.05, 0) is 35.9 Å². The summed E-state index contributed by atoms with van der Waals surface area (Å²) in [7, 11) is -1.81. The van der Waals surface area contributed by atoms with Gasteiger partial charge in [-0.3, -0.25) is 4.79 Å². The van der Waals surface area contributed by atoms with Gasteiger partial charge in [0.1, 0.15) is 0 Å². The predicted molar refractivity (Wildman–Crippen MR) is 106 cm³/mol. The Labute approximate surface area is 150 Å². The summed E-state index contributed by atoms with van der Waals surface area (Å²) in [5.41, 5.74) is 2.95. The van der Waals surface area contributed by atoms with Gasteiger partial charge in [-0.1, -0.05) is 54.9 Å². The largest absolute Gasteiger partial charge is 0.411 e. The lowest BCUT2D eigenvalue weighted by atomic mass is 10.0. The molecular formula is C20H39NO2Si. The first kappa shape index (κ1) is 21.4. The van der Waals surface area contributed by atoms with E-state index in [9.17, 15) is 4.79 Å². The molecule has 1 rings (SSSR count). The lowest BCUT2D eigenvalue weighted by Crippen LogP contribution is -2.52. The molecule has 3 nitrogen and oxygen atoms in total. The van der Waals surface area contributed by atoms with E-state index in [0.29, 0.717) is 23.0 Å². The molecule has 1 aliphatic heterocycles. The molecule has 140 valence electrons. The highest BCUT2D eigenvalue weighted by molar-refractivity contribution is 6.77. The number of piperidine rings is 1. The first-order chi connectivity index (χ1) is 11.2. The van der Waals surface area contributed by atoms with Crippen LogP contribution in [0, 0.1) is 0 Å². The fraction of sp³-hybridized carbons (Fsp3) is 0.850. The topological polar surface area (TPSA) is 38.3 Å². The van der Waals surface area contributed by atoms with Crippen LogP contribution in [0.15, 0.2) is 11.8 Å². The summed E-state index contributed by atoms with van der Waals surface area (Å²) in [5.74, 6) is 0.258. The molecule has 1 fully saturated rings. The predicted octanol–water partition coefficient (Wildman–Crippen LogP) is 5.57. The van der Waals surface area contributed by atoms with E-state index in [1.165, 1.54) is 0 Å². The minimum atomic E-state index is -1.81. The first-order valence-electron chi connectivity index (χ1n) is 9.89. The van der Waals surface area contributed by atoms with Gasteiger partial charge in [0.15, 0.2) is 5.78 Å². The number of hydrogen-bond donors (Lipinski definition) is 1. The van der Waals surface area contributed by atoms with Gasteiger partial charge in [-0.15, -0.1) is 0 Å². The molecule has 0 amide bonds. The van der Waals surface area contributed by atoms with Gasteiger partial charge in [-0.25, -0.2) is 0 Å². The number of unbranched alkanes of at least 4 members (excludes halogenated alkanes) is 1. The molecule has 0 aromatic rings. The Morgan fingerprint density at radius 1 is 1.21 bits per heavy atom. The van der Waals surface area contributed by atoms with Gasteiger partial charge in [0.05, 0.1) is 6.10 Å². The lowest BCUT2D eigenvalue weighted by Gasteiger charge is -2.45. The Bertz CT molecular complexity index is 398. The fourth-order valence-corrected chi connectivity index (χ4v) is 9.89. The van der Waals surface area contributed by atoms with Gasteiger partial charge in [0, 0.05) is 24.7 Å². The van der Waals surface area contributed by atoms with Crippen molar-refractivity contribution in [3.63, 3.8) is 0 Å². The Morgan fingerprint density at radius 3 is 2.21 bits per heavy atom. The highest BCUT2D eigenvalue weighted by atomic mass is 28.4. The Morgan fingerprint density at radius 2 is 1.79 bits per heavy atom. The summed E-state index contributed by atoms with van der Waals surface area (Å²) in [6.45, 7) is 17.0. The molecule has 24 heavy (non-hydrogen) atoms. The number of carbonyl (C=O) groups excluding carboxylic acids is 1. The van der Waals surface area contributed by atoms with Crippen LogP contribution >= 0.6 is 0 Å². The van der Waals surface area contributed by atoms with Crippen LogP contribution in [0.25, 0.3) is 0 Å². The Balaban J connectivity index is 2.67. The third-order valence-electron chi connectivity index (χ3n) is 5.48. The SMILES string of the molecule is CCCCC(=O)/C=C1\CC[C@H](O[Si](C(C)C)(C(C)C)C(C)C)CN1. The zero-order valence-electron chi connectivity index (χ0n) is 16.9. The maximum atomic E-state index is 11.9. The number of nitrogens with one attached hydrogen (secondary N) is 1. The van der Waals surface area contributed by atoms with E-state index < -0.39 is 8.32 Å². The third-order valence-corrected chi connectivity index (χ3v) is 11.6. The smallest absolute Gasteiger partial charge is 0.200 e. The van der Waals surface area contributed by atoms with Crippen molar-refractivity contribution in [3.8, 4) is 0 Å². The highest BCUT2D eigenvalue weighted by Crippen LogP contribution is 2.43. The molecule has 0 spiro atoms. The van der Waals surface area contributed by atoms with Crippen LogP contribution in [0.5, 0.6) is 0 Å². The van der Waals surface area contributed by atoms with Crippen molar-refractivity contribution in [3.05, 3.63) is 11.8 Å². The van der Waals surface area contributed by atoms with E-state index in [0.717, 1.165) is 37.9 Å². The third kappa shape index (κ3) is 5.45. The molecule has 1 aliphatic rings. The summed E-state index contributed by atoms with van der Waals surface area (Å²) < 4.78 is 6.85. The molecule has 0 aliphatic carbocycles. The van der Waals surface area contributed by atoms with Crippen molar-refractivity contribution in [2.24, 2.45) is 0 Å². The van der Waals surface area contributed by atoms with Gasteiger partial charge in [-0.2, -0.15) is 0 Å². The summed E-state index contributed by atoms with van der Waals surface area (Å²) in [6, 6.07) is 0. The molecule has 1 saturated heterocycles. The van der Waals surface area contributed by atoms with E-state index in [-0.39, 0.29) is 11.9 Å². The molecule has 0 radical (unpaired) electrons. The van der Waals surface area contributed by atoms with Crippen molar-refractivity contribution < 1.29 is 9.22 Å². The second-order valence-corrected chi connectivity index (χ2v) is 13.6. The van der Waals surface area contributed by atoms with Crippen molar-refractivity contribution in [2.45, 2.75) is 103 Å². The monoisotopic (exact) mass is 353 g/mol. The van der Waals surface area contributed by atoms with Crippen molar-refractivity contribution in [1.82, 2.24) is 5.32 Å². The average Bonchev–Trinajstić information content (AvgIpc) is 2.51. The van der Waals surface area contributed by atoms with Crippen molar-refractivity contribution in [2.75, 3.05) is 6.54 Å². The second-order valence-electron chi connectivity index (χ2n) is 8.22. The molecule has 0 saturated carbocycles. The van der Waals surface area contributed by atoms with Gasteiger partial charge in [0.25, 0.3) is 0 Å². The Kier molecular flexibility index (Phi) is 8.72. The standard InChI is InChI=1S/C20H39NO2Si/c1-8-9-10-19(22)13-18-11-12-20(14-21-18)23-24(15(2)3,16(4)5)17(6)7/h13,15-17,20-21H,8-12,14H2,1-7H3/b18-13+/t20-/m0/s1. The van der Waals surface area contributed by atoms with E-state index >= 15 is 0 Å². The summed E-state index contributed by atoms with van der Waals surface area (Å²) in [5, 5.41) is 3.45. The van der Waals surface area contributed by atoms with Crippen LogP contribution in [0.4, 0.5) is 0 Å². The fourth-order valence-electron chi connectivity index (χ4n) is 4.29. The molecule has 1 atom stereocenters.